The first-order valence-corrected chi connectivity index (χ1v) is 8.73. The molecule has 0 radical (unpaired) electrons. The van der Waals surface area contributed by atoms with Crippen molar-refractivity contribution in [1.29, 1.82) is 0 Å². The van der Waals surface area contributed by atoms with E-state index in [4.69, 9.17) is 0 Å². The van der Waals surface area contributed by atoms with Gasteiger partial charge in [-0.05, 0) is 44.9 Å². The number of carbonyl (C=O) groups is 1. The Balaban J connectivity index is 1.91. The van der Waals surface area contributed by atoms with Gasteiger partial charge in [-0.25, -0.2) is 0 Å². The zero-order valence-electron chi connectivity index (χ0n) is 14.8. The second-order valence-corrected chi connectivity index (χ2v) is 6.70. The van der Waals surface area contributed by atoms with Crippen LogP contribution in [0.3, 0.4) is 0 Å². The Labute approximate surface area is 148 Å². The fourth-order valence-electron chi connectivity index (χ4n) is 3.91. The summed E-state index contributed by atoms with van der Waals surface area (Å²) < 4.78 is 0. The van der Waals surface area contributed by atoms with E-state index in [1.54, 1.807) is 0 Å². The summed E-state index contributed by atoms with van der Waals surface area (Å²) in [5.74, 6) is 0.0853. The Bertz CT molecular complexity index is 996. The number of H-pyrrole nitrogens is 1. The van der Waals surface area contributed by atoms with Gasteiger partial charge < -0.3 is 9.88 Å². The predicted octanol–water partition coefficient (Wildman–Crippen LogP) is 5.07. The van der Waals surface area contributed by atoms with Gasteiger partial charge in [-0.2, -0.15) is 0 Å². The molecule has 0 spiro atoms. The zero-order valence-corrected chi connectivity index (χ0v) is 14.8. The number of allylic oxidation sites excluding steroid dienone is 1. The maximum Gasteiger partial charge on any atom is 0.254 e. The highest BCUT2D eigenvalue weighted by Crippen LogP contribution is 2.44. The van der Waals surface area contributed by atoms with Gasteiger partial charge in [0.25, 0.3) is 5.91 Å². The van der Waals surface area contributed by atoms with E-state index in [0.717, 1.165) is 28.9 Å². The summed E-state index contributed by atoms with van der Waals surface area (Å²) in [6, 6.07) is 16.6. The molecule has 1 aliphatic rings. The molecule has 2 aromatic carbocycles. The fraction of sp³-hybridized carbons (Fsp3) is 0.227. The van der Waals surface area contributed by atoms with Crippen LogP contribution >= 0.6 is 0 Å². The molecule has 1 aliphatic heterocycles. The molecule has 25 heavy (non-hydrogen) atoms. The highest BCUT2D eigenvalue weighted by Gasteiger charge is 2.37. The Morgan fingerprint density at radius 2 is 1.88 bits per heavy atom. The van der Waals surface area contributed by atoms with Gasteiger partial charge in [-0.3, -0.25) is 4.79 Å². The number of hydrogen-bond acceptors (Lipinski definition) is 1. The SMILES string of the molecule is C/C=C(\C)C(=O)N1c2ccccc2CC1c1c(C)[nH]c2ccccc12. The molecule has 1 unspecified atom stereocenters. The molecule has 126 valence electrons. The number of anilines is 1. The number of nitrogens with zero attached hydrogens (tertiary/aromatic N) is 1. The van der Waals surface area contributed by atoms with Gasteiger partial charge in [0.2, 0.25) is 0 Å². The largest absolute Gasteiger partial charge is 0.358 e. The Hall–Kier alpha value is -2.81. The van der Waals surface area contributed by atoms with E-state index in [9.17, 15) is 4.79 Å². The monoisotopic (exact) mass is 330 g/mol. The summed E-state index contributed by atoms with van der Waals surface area (Å²) in [6.45, 7) is 5.91. The van der Waals surface area contributed by atoms with E-state index in [0.29, 0.717) is 0 Å². The number of carbonyl (C=O) groups excluding carboxylic acids is 1. The number of nitrogens with one attached hydrogen (secondary N) is 1. The average Bonchev–Trinajstić information content (AvgIpc) is 3.16. The number of benzene rings is 2. The van der Waals surface area contributed by atoms with Gasteiger partial charge in [-0.1, -0.05) is 42.5 Å². The van der Waals surface area contributed by atoms with Gasteiger partial charge in [0.05, 0.1) is 6.04 Å². The number of para-hydroxylation sites is 2. The van der Waals surface area contributed by atoms with Crippen LogP contribution in [-0.4, -0.2) is 10.9 Å². The summed E-state index contributed by atoms with van der Waals surface area (Å²) in [5.41, 5.74) is 6.53. The van der Waals surface area contributed by atoms with E-state index in [-0.39, 0.29) is 11.9 Å². The minimum Gasteiger partial charge on any atom is -0.358 e. The molecule has 1 amide bonds. The summed E-state index contributed by atoms with van der Waals surface area (Å²) in [7, 11) is 0. The summed E-state index contributed by atoms with van der Waals surface area (Å²) in [6.07, 6.45) is 2.74. The molecule has 4 rings (SSSR count). The normalized spacial score (nSPS) is 17.2. The first-order valence-electron chi connectivity index (χ1n) is 8.73. The number of hydrogen-bond donors (Lipinski definition) is 1. The lowest BCUT2D eigenvalue weighted by molar-refractivity contribution is -0.115. The second kappa shape index (κ2) is 5.92. The molecule has 1 N–H and O–H groups in total. The van der Waals surface area contributed by atoms with Crippen LogP contribution in [0.2, 0.25) is 0 Å². The first-order chi connectivity index (χ1) is 12.1. The number of aryl methyl sites for hydroxylation is 1. The quantitative estimate of drug-likeness (QED) is 0.654. The molecule has 1 atom stereocenters. The van der Waals surface area contributed by atoms with Gasteiger partial charge in [0, 0.05) is 33.4 Å². The summed E-state index contributed by atoms with van der Waals surface area (Å²) >= 11 is 0. The predicted molar refractivity (Wildman–Crippen MR) is 103 cm³/mol. The Morgan fingerprint density at radius 3 is 2.68 bits per heavy atom. The van der Waals surface area contributed by atoms with Crippen LogP contribution in [0, 0.1) is 6.92 Å². The van der Waals surface area contributed by atoms with Crippen LogP contribution in [-0.2, 0) is 11.2 Å². The lowest BCUT2D eigenvalue weighted by atomic mass is 9.99. The summed E-state index contributed by atoms with van der Waals surface area (Å²) in [4.78, 5) is 18.6. The molecule has 0 saturated carbocycles. The maximum absolute atomic E-state index is 13.1. The molecule has 3 nitrogen and oxygen atoms in total. The van der Waals surface area contributed by atoms with E-state index in [2.05, 4.69) is 48.3 Å². The van der Waals surface area contributed by atoms with Crippen molar-refractivity contribution in [3.05, 3.63) is 77.0 Å². The lowest BCUT2D eigenvalue weighted by Crippen LogP contribution is -2.33. The third-order valence-electron chi connectivity index (χ3n) is 5.24. The number of aromatic amines is 1. The van der Waals surface area contributed by atoms with Crippen molar-refractivity contribution in [1.82, 2.24) is 4.98 Å². The van der Waals surface area contributed by atoms with Crippen LogP contribution in [0.25, 0.3) is 10.9 Å². The van der Waals surface area contributed by atoms with Crippen molar-refractivity contribution in [2.24, 2.45) is 0 Å². The third kappa shape index (κ3) is 2.39. The zero-order chi connectivity index (χ0) is 17.6. The average molecular weight is 330 g/mol. The minimum absolute atomic E-state index is 0.0240. The minimum atomic E-state index is 0.0240. The molecule has 3 heteroatoms. The van der Waals surface area contributed by atoms with Gasteiger partial charge in [-0.15, -0.1) is 0 Å². The molecule has 0 fully saturated rings. The van der Waals surface area contributed by atoms with Crippen LogP contribution in [0.1, 0.15) is 36.7 Å². The molecule has 1 aromatic heterocycles. The van der Waals surface area contributed by atoms with Crippen molar-refractivity contribution >= 4 is 22.5 Å². The van der Waals surface area contributed by atoms with Crippen LogP contribution in [0.4, 0.5) is 5.69 Å². The Kier molecular flexibility index (Phi) is 3.72. The smallest absolute Gasteiger partial charge is 0.254 e. The number of fused-ring (bicyclic) bond motifs is 2. The topological polar surface area (TPSA) is 36.1 Å². The number of rotatable bonds is 2. The molecule has 2 heterocycles. The van der Waals surface area contributed by atoms with Crippen molar-refractivity contribution < 1.29 is 4.79 Å². The van der Waals surface area contributed by atoms with Crippen LogP contribution in [0.5, 0.6) is 0 Å². The van der Waals surface area contributed by atoms with Crippen molar-refractivity contribution in [2.45, 2.75) is 33.2 Å². The standard InChI is InChI=1S/C22H22N2O/c1-4-14(2)22(25)24-19-12-8-5-9-16(19)13-20(24)21-15(3)23-18-11-7-6-10-17(18)21/h4-12,20,23H,13H2,1-3H3/b14-4+. The molecule has 0 aliphatic carbocycles. The fourth-order valence-corrected chi connectivity index (χ4v) is 3.91. The number of amides is 1. The van der Waals surface area contributed by atoms with E-state index in [1.807, 2.05) is 37.0 Å². The maximum atomic E-state index is 13.1. The second-order valence-electron chi connectivity index (χ2n) is 6.70. The highest BCUT2D eigenvalue weighted by atomic mass is 16.2. The van der Waals surface area contributed by atoms with Crippen LogP contribution < -0.4 is 4.90 Å². The van der Waals surface area contributed by atoms with E-state index >= 15 is 0 Å². The molecular weight excluding hydrogens is 308 g/mol. The van der Waals surface area contributed by atoms with Crippen molar-refractivity contribution in [3.63, 3.8) is 0 Å². The van der Waals surface area contributed by atoms with Gasteiger partial charge >= 0.3 is 0 Å². The van der Waals surface area contributed by atoms with Crippen molar-refractivity contribution in [2.75, 3.05) is 4.90 Å². The van der Waals surface area contributed by atoms with E-state index in [1.165, 1.54) is 16.5 Å². The van der Waals surface area contributed by atoms with Crippen LogP contribution in [0.15, 0.2) is 60.2 Å². The number of aromatic nitrogens is 1. The highest BCUT2D eigenvalue weighted by molar-refractivity contribution is 6.07. The lowest BCUT2D eigenvalue weighted by Gasteiger charge is -2.26. The van der Waals surface area contributed by atoms with E-state index < -0.39 is 0 Å². The van der Waals surface area contributed by atoms with Gasteiger partial charge in [0.15, 0.2) is 0 Å². The third-order valence-corrected chi connectivity index (χ3v) is 5.24. The Morgan fingerprint density at radius 1 is 1.16 bits per heavy atom. The van der Waals surface area contributed by atoms with Crippen molar-refractivity contribution in [3.8, 4) is 0 Å². The summed E-state index contributed by atoms with van der Waals surface area (Å²) in [5, 5.41) is 1.20. The first kappa shape index (κ1) is 15.7. The molecule has 0 bridgehead atoms. The molecule has 3 aromatic rings. The van der Waals surface area contributed by atoms with Gasteiger partial charge in [0.1, 0.15) is 0 Å². The molecule has 0 saturated heterocycles. The molecular formula is C22H22N2O.